The molecule has 1 rings (SSSR count). The van der Waals surface area contributed by atoms with Crippen LogP contribution in [0.15, 0.2) is 0 Å². The average molecular weight is 220 g/mol. The lowest BCUT2D eigenvalue weighted by molar-refractivity contribution is 0.0943. The van der Waals surface area contributed by atoms with Crippen LogP contribution in [0.3, 0.4) is 0 Å². The van der Waals surface area contributed by atoms with Crippen molar-refractivity contribution < 1.29 is 4.79 Å². The van der Waals surface area contributed by atoms with Gasteiger partial charge in [0.25, 0.3) is 5.91 Å². The second-order valence-electron chi connectivity index (χ2n) is 3.73. The molecule has 0 aliphatic heterocycles. The number of amides is 1. The van der Waals surface area contributed by atoms with Gasteiger partial charge < -0.3 is 5.32 Å². The lowest BCUT2D eigenvalue weighted by Gasteiger charge is -2.09. The zero-order chi connectivity index (χ0) is 12.3. The summed E-state index contributed by atoms with van der Waals surface area (Å²) in [5.41, 5.74) is 2.06. The number of aromatic nitrogens is 2. The van der Waals surface area contributed by atoms with E-state index in [1.807, 2.05) is 19.9 Å². The molecule has 0 aliphatic rings. The fourth-order valence-electron chi connectivity index (χ4n) is 1.56. The quantitative estimate of drug-likeness (QED) is 0.828. The number of nitrogens with one attached hydrogen (secondary N) is 1. The van der Waals surface area contributed by atoms with Crippen LogP contribution in [-0.2, 0) is 7.05 Å². The Hall–Kier alpha value is -1.83. The highest BCUT2D eigenvalue weighted by molar-refractivity contribution is 5.96. The largest absolute Gasteiger partial charge is 0.336 e. The third kappa shape index (κ3) is 2.22. The highest BCUT2D eigenvalue weighted by atomic mass is 16.1. The molecule has 5 heteroatoms. The Morgan fingerprint density at radius 3 is 2.62 bits per heavy atom. The first-order valence-electron chi connectivity index (χ1n) is 5.21. The van der Waals surface area contributed by atoms with Gasteiger partial charge in [-0.1, -0.05) is 6.92 Å². The highest BCUT2D eigenvalue weighted by Gasteiger charge is 2.19. The molecule has 1 N–H and O–H groups in total. The second kappa shape index (κ2) is 4.79. The van der Waals surface area contributed by atoms with E-state index in [4.69, 9.17) is 5.26 Å². The van der Waals surface area contributed by atoms with Crippen LogP contribution in [0, 0.1) is 25.2 Å². The van der Waals surface area contributed by atoms with E-state index in [-0.39, 0.29) is 5.91 Å². The summed E-state index contributed by atoms with van der Waals surface area (Å²) in [5.74, 6) is -0.225. The molecule has 0 saturated carbocycles. The molecule has 86 valence electrons. The maximum Gasteiger partial charge on any atom is 0.256 e. The predicted molar refractivity (Wildman–Crippen MR) is 59.8 cm³/mol. The highest BCUT2D eigenvalue weighted by Crippen LogP contribution is 2.11. The molecule has 1 atom stereocenters. The molecule has 0 saturated heterocycles. The molecule has 0 bridgehead atoms. The molecule has 1 aromatic rings. The summed E-state index contributed by atoms with van der Waals surface area (Å²) in [6, 6.07) is 1.60. The number of hydrogen-bond acceptors (Lipinski definition) is 3. The van der Waals surface area contributed by atoms with E-state index in [2.05, 4.69) is 10.4 Å². The van der Waals surface area contributed by atoms with E-state index in [0.29, 0.717) is 17.7 Å². The molecule has 1 amide bonds. The SMILES string of the molecule is CCC(C#N)NC(=O)c1c(C)nn(C)c1C. The predicted octanol–water partition coefficient (Wildman–Crippen LogP) is 1.07. The van der Waals surface area contributed by atoms with E-state index >= 15 is 0 Å². The summed E-state index contributed by atoms with van der Waals surface area (Å²) in [6.07, 6.45) is 0.598. The Balaban J connectivity index is 2.94. The van der Waals surface area contributed by atoms with Crippen LogP contribution < -0.4 is 5.32 Å². The number of carbonyl (C=O) groups excluding carboxylic acids is 1. The van der Waals surface area contributed by atoms with Crippen molar-refractivity contribution in [1.29, 1.82) is 5.26 Å². The number of nitrogens with zero attached hydrogens (tertiary/aromatic N) is 3. The Morgan fingerprint density at radius 1 is 1.62 bits per heavy atom. The van der Waals surface area contributed by atoms with Crippen LogP contribution in [0.1, 0.15) is 35.1 Å². The smallest absolute Gasteiger partial charge is 0.256 e. The van der Waals surface area contributed by atoms with Crippen LogP contribution >= 0.6 is 0 Å². The van der Waals surface area contributed by atoms with Crippen LogP contribution in [0.5, 0.6) is 0 Å². The molecule has 1 aromatic heterocycles. The van der Waals surface area contributed by atoms with Gasteiger partial charge in [-0.2, -0.15) is 10.4 Å². The molecule has 0 spiro atoms. The Bertz CT molecular complexity index is 442. The van der Waals surface area contributed by atoms with Gasteiger partial charge in [-0.05, 0) is 20.3 Å². The zero-order valence-corrected chi connectivity index (χ0v) is 10.0. The first kappa shape index (κ1) is 12.2. The molecule has 5 nitrogen and oxygen atoms in total. The third-order valence-electron chi connectivity index (χ3n) is 2.61. The fourth-order valence-corrected chi connectivity index (χ4v) is 1.56. The van der Waals surface area contributed by atoms with Gasteiger partial charge in [0.2, 0.25) is 0 Å². The Kier molecular flexibility index (Phi) is 3.67. The summed E-state index contributed by atoms with van der Waals surface area (Å²) < 4.78 is 1.66. The van der Waals surface area contributed by atoms with Gasteiger partial charge in [-0.25, -0.2) is 0 Å². The molecule has 0 radical (unpaired) electrons. The summed E-state index contributed by atoms with van der Waals surface area (Å²) in [7, 11) is 1.79. The van der Waals surface area contributed by atoms with Crippen molar-refractivity contribution >= 4 is 5.91 Å². The minimum absolute atomic E-state index is 0.225. The zero-order valence-electron chi connectivity index (χ0n) is 10.0. The summed E-state index contributed by atoms with van der Waals surface area (Å²) >= 11 is 0. The standard InChI is InChI=1S/C11H16N4O/c1-5-9(6-12)13-11(16)10-7(2)14-15(4)8(10)3/h9H,5H2,1-4H3,(H,13,16). The normalized spacial score (nSPS) is 11.9. The minimum Gasteiger partial charge on any atom is -0.336 e. The van der Waals surface area contributed by atoms with Crippen molar-refractivity contribution in [3.63, 3.8) is 0 Å². The monoisotopic (exact) mass is 220 g/mol. The van der Waals surface area contributed by atoms with Crippen molar-refractivity contribution in [1.82, 2.24) is 15.1 Å². The molecule has 1 heterocycles. The van der Waals surface area contributed by atoms with Crippen LogP contribution in [-0.4, -0.2) is 21.7 Å². The van der Waals surface area contributed by atoms with Crippen molar-refractivity contribution in [2.45, 2.75) is 33.2 Å². The molecular weight excluding hydrogens is 204 g/mol. The summed E-state index contributed by atoms with van der Waals surface area (Å²) in [6.45, 7) is 5.48. The van der Waals surface area contributed by atoms with E-state index in [1.165, 1.54) is 0 Å². The molecule has 0 aliphatic carbocycles. The Labute approximate surface area is 95.1 Å². The van der Waals surface area contributed by atoms with E-state index < -0.39 is 6.04 Å². The van der Waals surface area contributed by atoms with Crippen molar-refractivity contribution in [3.05, 3.63) is 17.0 Å². The van der Waals surface area contributed by atoms with Crippen molar-refractivity contribution in [3.8, 4) is 6.07 Å². The number of hydrogen-bond donors (Lipinski definition) is 1. The van der Waals surface area contributed by atoms with Crippen LogP contribution in [0.2, 0.25) is 0 Å². The van der Waals surface area contributed by atoms with Gasteiger partial charge in [0.15, 0.2) is 0 Å². The first-order valence-corrected chi connectivity index (χ1v) is 5.21. The van der Waals surface area contributed by atoms with Gasteiger partial charge in [0.1, 0.15) is 6.04 Å². The van der Waals surface area contributed by atoms with Gasteiger partial charge in [-0.3, -0.25) is 9.48 Å². The van der Waals surface area contributed by atoms with Crippen LogP contribution in [0.25, 0.3) is 0 Å². The number of aryl methyl sites for hydroxylation is 2. The maximum absolute atomic E-state index is 11.9. The minimum atomic E-state index is -0.438. The molecule has 0 aromatic carbocycles. The van der Waals surface area contributed by atoms with Crippen LogP contribution in [0.4, 0.5) is 0 Å². The number of rotatable bonds is 3. The van der Waals surface area contributed by atoms with Gasteiger partial charge >= 0.3 is 0 Å². The van der Waals surface area contributed by atoms with E-state index in [1.54, 1.807) is 18.7 Å². The third-order valence-corrected chi connectivity index (χ3v) is 2.61. The molecular formula is C11H16N4O. The maximum atomic E-state index is 11.9. The van der Waals surface area contributed by atoms with Crippen molar-refractivity contribution in [2.24, 2.45) is 7.05 Å². The van der Waals surface area contributed by atoms with Crippen molar-refractivity contribution in [2.75, 3.05) is 0 Å². The average Bonchev–Trinajstić information content (AvgIpc) is 2.49. The summed E-state index contributed by atoms with van der Waals surface area (Å²) in [4.78, 5) is 11.9. The topological polar surface area (TPSA) is 70.7 Å². The lowest BCUT2D eigenvalue weighted by atomic mass is 10.1. The summed E-state index contributed by atoms with van der Waals surface area (Å²) in [5, 5.41) is 15.6. The lowest BCUT2D eigenvalue weighted by Crippen LogP contribution is -2.33. The van der Waals surface area contributed by atoms with Gasteiger partial charge in [0, 0.05) is 12.7 Å². The first-order chi connectivity index (χ1) is 7.51. The molecule has 1 unspecified atom stereocenters. The molecule has 16 heavy (non-hydrogen) atoms. The van der Waals surface area contributed by atoms with Gasteiger partial charge in [0.05, 0.1) is 17.3 Å². The van der Waals surface area contributed by atoms with E-state index in [9.17, 15) is 4.79 Å². The molecule has 0 fully saturated rings. The Morgan fingerprint density at radius 2 is 2.25 bits per heavy atom. The number of carbonyl (C=O) groups is 1. The second-order valence-corrected chi connectivity index (χ2v) is 3.73. The van der Waals surface area contributed by atoms with Gasteiger partial charge in [-0.15, -0.1) is 0 Å². The van der Waals surface area contributed by atoms with E-state index in [0.717, 1.165) is 5.69 Å². The fraction of sp³-hybridized carbons (Fsp3) is 0.545. The number of nitriles is 1.